The van der Waals surface area contributed by atoms with Gasteiger partial charge in [-0.25, -0.2) is 4.79 Å². The van der Waals surface area contributed by atoms with Crippen LogP contribution >= 0.6 is 11.8 Å². The molecule has 3 aromatic carbocycles. The minimum absolute atomic E-state index is 0.0111. The summed E-state index contributed by atoms with van der Waals surface area (Å²) < 4.78 is 29.7. The van der Waals surface area contributed by atoms with Crippen LogP contribution in [0.2, 0.25) is 0 Å². The number of benzene rings is 3. The molecule has 272 valence electrons. The number of aromatic hydroxyl groups is 3. The van der Waals surface area contributed by atoms with Gasteiger partial charge in [-0.3, -0.25) is 15.1 Å². The zero-order chi connectivity index (χ0) is 36.4. The molecule has 0 aliphatic carbocycles. The van der Waals surface area contributed by atoms with E-state index >= 15 is 0 Å². The van der Waals surface area contributed by atoms with Crippen molar-refractivity contribution >= 4 is 17.7 Å². The lowest BCUT2D eigenvalue weighted by Crippen LogP contribution is -2.69. The Morgan fingerprint density at radius 2 is 1.81 bits per heavy atom. The molecule has 7 atom stereocenters. The SMILES string of the molecule is COc1cc2c(cc1O)CCN[C@]21CS[C@@H]2c3c(O)c(C)c4c(c3[C@@H](COC1=O)N1C2[C@H]2c3c(cc(C)c(OC)c3O)C[C@H]([C@@H]1C#N)N2C)OCO4. The van der Waals surface area contributed by atoms with Gasteiger partial charge in [0.15, 0.2) is 40.0 Å². The molecule has 0 aromatic heterocycles. The summed E-state index contributed by atoms with van der Waals surface area (Å²) in [6, 6.07) is 5.46. The fourth-order valence-corrected chi connectivity index (χ4v) is 11.6. The maximum atomic E-state index is 14.6. The number of aryl methyl sites for hydroxylation is 1. The smallest absolute Gasteiger partial charge is 0.331 e. The number of rotatable bonds is 2. The maximum Gasteiger partial charge on any atom is 0.331 e. The number of fused-ring (bicyclic) bond motifs is 9. The van der Waals surface area contributed by atoms with Crippen LogP contribution in [0.1, 0.15) is 61.8 Å². The maximum absolute atomic E-state index is 14.6. The summed E-state index contributed by atoms with van der Waals surface area (Å²) >= 11 is 1.48. The number of nitrogens with one attached hydrogen (secondary N) is 1. The number of piperazine rings is 1. The van der Waals surface area contributed by atoms with E-state index in [2.05, 4.69) is 21.2 Å². The number of thioether (sulfide) groups is 1. The molecule has 7 heterocycles. The molecular formula is C38H40N4O9S. The van der Waals surface area contributed by atoms with Gasteiger partial charge in [-0.2, -0.15) is 5.26 Å². The number of ether oxygens (including phenoxy) is 5. The number of nitrogens with zero attached hydrogens (tertiary/aromatic N) is 3. The average Bonchev–Trinajstić information content (AvgIpc) is 3.62. The van der Waals surface area contributed by atoms with Gasteiger partial charge in [-0.1, -0.05) is 6.07 Å². The lowest BCUT2D eigenvalue weighted by molar-refractivity contribution is -0.157. The van der Waals surface area contributed by atoms with Crippen molar-refractivity contribution in [3.05, 3.63) is 62.7 Å². The molecule has 2 saturated heterocycles. The van der Waals surface area contributed by atoms with Crippen LogP contribution in [0.5, 0.6) is 40.2 Å². The molecule has 0 radical (unpaired) electrons. The minimum atomic E-state index is -1.33. The molecule has 52 heavy (non-hydrogen) atoms. The summed E-state index contributed by atoms with van der Waals surface area (Å²) in [5.41, 5.74) is 4.43. The first-order chi connectivity index (χ1) is 25.1. The lowest BCUT2D eigenvalue weighted by atomic mass is 9.71. The Morgan fingerprint density at radius 3 is 2.56 bits per heavy atom. The number of likely N-dealkylation sites (N-methyl/N-ethyl adjacent to an activating group) is 1. The number of nitriles is 1. The number of methoxy groups -OCH3 is 2. The normalized spacial score (nSPS) is 30.0. The van der Waals surface area contributed by atoms with E-state index in [9.17, 15) is 25.4 Å². The zero-order valence-corrected chi connectivity index (χ0v) is 30.3. The molecule has 3 aromatic rings. The van der Waals surface area contributed by atoms with Crippen LogP contribution in [0.4, 0.5) is 0 Å². The lowest BCUT2D eigenvalue weighted by Gasteiger charge is -2.62. The Kier molecular flexibility index (Phi) is 7.51. The summed E-state index contributed by atoms with van der Waals surface area (Å²) in [4.78, 5) is 19.0. The standard InChI is InChI=1S/C38H40N4O9S/c1-16-8-19-9-21-22(12-39)42-23-13-49-37(46)38(20-11-25(47-4)24(43)10-18(20)6-7-40-38)14-52-36(28-27(23)35-34(50-15-51-35)17(2)31(28)44)30(42)29(41(21)3)26(19)32(45)33(16)48-5/h8,10-11,21-23,29-30,36,40,43-45H,6-7,9,13-15H2,1-5H3/t21-,22+,23-,29-,30?,36-,38-/m1/s1. The van der Waals surface area contributed by atoms with Crippen LogP contribution in [0.3, 0.4) is 0 Å². The Morgan fingerprint density at radius 1 is 1.02 bits per heavy atom. The molecule has 2 fully saturated rings. The Labute approximate surface area is 305 Å². The van der Waals surface area contributed by atoms with Crippen molar-refractivity contribution in [1.82, 2.24) is 15.1 Å². The highest BCUT2D eigenvalue weighted by molar-refractivity contribution is 7.99. The van der Waals surface area contributed by atoms with Crippen LogP contribution < -0.4 is 24.3 Å². The molecule has 1 unspecified atom stereocenters. The van der Waals surface area contributed by atoms with E-state index in [-0.39, 0.29) is 48.2 Å². The van der Waals surface area contributed by atoms with Gasteiger partial charge in [-0.15, -0.1) is 11.8 Å². The summed E-state index contributed by atoms with van der Waals surface area (Å²) in [6.45, 7) is 3.98. The molecular weight excluding hydrogens is 689 g/mol. The van der Waals surface area contributed by atoms with Crippen LogP contribution in [0, 0.1) is 25.2 Å². The quantitative estimate of drug-likeness (QED) is 0.282. The third-order valence-electron chi connectivity index (χ3n) is 12.2. The summed E-state index contributed by atoms with van der Waals surface area (Å²) in [5, 5.41) is 48.8. The van der Waals surface area contributed by atoms with E-state index in [0.717, 1.165) is 22.3 Å². The number of carbonyl (C=O) groups excluding carboxylic acids is 1. The van der Waals surface area contributed by atoms with Crippen molar-refractivity contribution in [3.63, 3.8) is 0 Å². The van der Waals surface area contributed by atoms with E-state index in [1.165, 1.54) is 18.9 Å². The molecule has 4 bridgehead atoms. The highest BCUT2D eigenvalue weighted by Gasteiger charge is 2.61. The third-order valence-corrected chi connectivity index (χ3v) is 13.7. The van der Waals surface area contributed by atoms with Gasteiger partial charge in [0.1, 0.15) is 18.4 Å². The second kappa shape index (κ2) is 11.7. The van der Waals surface area contributed by atoms with E-state index < -0.39 is 40.9 Å². The largest absolute Gasteiger partial charge is 0.507 e. The van der Waals surface area contributed by atoms with E-state index in [4.69, 9.17) is 23.7 Å². The zero-order valence-electron chi connectivity index (χ0n) is 29.5. The van der Waals surface area contributed by atoms with Crippen molar-refractivity contribution < 1.29 is 43.8 Å². The Balaban J connectivity index is 1.31. The number of phenols is 3. The van der Waals surface area contributed by atoms with Gasteiger partial charge < -0.3 is 39.0 Å². The molecule has 13 nitrogen and oxygen atoms in total. The topological polar surface area (TPSA) is 166 Å². The van der Waals surface area contributed by atoms with Crippen molar-refractivity contribution in [2.45, 2.75) is 67.7 Å². The van der Waals surface area contributed by atoms with Crippen LogP contribution in [-0.2, 0) is 27.9 Å². The fraction of sp³-hybridized carbons (Fsp3) is 0.474. The van der Waals surface area contributed by atoms with Crippen LogP contribution in [0.15, 0.2) is 18.2 Å². The summed E-state index contributed by atoms with van der Waals surface area (Å²) in [5.74, 6) is 1.34. The number of phenolic OH excluding ortho intramolecular Hbond substituents is 3. The Bertz CT molecular complexity index is 2100. The second-order valence-corrected chi connectivity index (χ2v) is 15.6. The van der Waals surface area contributed by atoms with E-state index in [0.29, 0.717) is 58.9 Å². The monoisotopic (exact) mass is 728 g/mol. The molecule has 0 saturated carbocycles. The first-order valence-corrected chi connectivity index (χ1v) is 18.5. The highest BCUT2D eigenvalue weighted by atomic mass is 32.2. The first kappa shape index (κ1) is 33.3. The average molecular weight is 729 g/mol. The first-order valence-electron chi connectivity index (χ1n) is 17.4. The van der Waals surface area contributed by atoms with Crippen molar-refractivity contribution in [2.75, 3.05) is 47.0 Å². The number of hydrogen-bond acceptors (Lipinski definition) is 14. The predicted octanol–water partition coefficient (Wildman–Crippen LogP) is 3.77. The van der Waals surface area contributed by atoms with Gasteiger partial charge in [-0.05, 0) is 68.1 Å². The number of hydrogen-bond donors (Lipinski definition) is 4. The molecule has 14 heteroatoms. The molecule has 7 aliphatic rings. The van der Waals surface area contributed by atoms with Crippen molar-refractivity contribution in [1.29, 1.82) is 5.26 Å². The van der Waals surface area contributed by atoms with Crippen molar-refractivity contribution in [3.8, 4) is 46.3 Å². The Hall–Kier alpha value is -4.55. The number of carbonyl (C=O) groups is 1. The van der Waals surface area contributed by atoms with E-state index in [1.54, 1.807) is 26.2 Å². The fourth-order valence-electron chi connectivity index (χ4n) is 9.92. The minimum Gasteiger partial charge on any atom is -0.507 e. The molecule has 4 N–H and O–H groups in total. The van der Waals surface area contributed by atoms with Gasteiger partial charge in [0.05, 0.1) is 37.6 Å². The molecule has 0 amide bonds. The molecule has 10 rings (SSSR count). The van der Waals surface area contributed by atoms with Crippen LogP contribution in [-0.4, -0.2) is 96.2 Å². The van der Waals surface area contributed by atoms with Gasteiger partial charge in [0.25, 0.3) is 0 Å². The molecule has 7 aliphatic heterocycles. The van der Waals surface area contributed by atoms with Gasteiger partial charge in [0.2, 0.25) is 6.79 Å². The van der Waals surface area contributed by atoms with Gasteiger partial charge in [0, 0.05) is 46.6 Å². The summed E-state index contributed by atoms with van der Waals surface area (Å²) in [7, 11) is 5.01. The second-order valence-electron chi connectivity index (χ2n) is 14.5. The highest BCUT2D eigenvalue weighted by Crippen LogP contribution is 2.64. The van der Waals surface area contributed by atoms with Crippen molar-refractivity contribution in [2.24, 2.45) is 0 Å². The van der Waals surface area contributed by atoms with Crippen LogP contribution in [0.25, 0.3) is 0 Å². The molecule has 1 spiro atoms. The summed E-state index contributed by atoms with van der Waals surface area (Å²) in [6.07, 6.45) is 1.09. The predicted molar refractivity (Wildman–Crippen MR) is 188 cm³/mol. The van der Waals surface area contributed by atoms with E-state index in [1.807, 2.05) is 20.0 Å². The number of esters is 1. The van der Waals surface area contributed by atoms with Gasteiger partial charge >= 0.3 is 5.97 Å². The third kappa shape index (κ3) is 4.24.